The molecular weight excluding hydrogens is 390 g/mol. The van der Waals surface area contributed by atoms with Crippen molar-refractivity contribution in [2.45, 2.75) is 18.5 Å². The van der Waals surface area contributed by atoms with Crippen LogP contribution in [0.25, 0.3) is 0 Å². The topological polar surface area (TPSA) is 49.9 Å². The van der Waals surface area contributed by atoms with E-state index in [1.165, 1.54) is 4.90 Å². The molecule has 1 spiro atoms. The Hall–Kier alpha value is -3.74. The van der Waals surface area contributed by atoms with E-state index in [1.54, 1.807) is 30.3 Å². The number of benzene rings is 3. The lowest BCUT2D eigenvalue weighted by molar-refractivity contribution is -0.139. The molecule has 7 heteroatoms. The van der Waals surface area contributed by atoms with E-state index in [-0.39, 0.29) is 24.2 Å². The monoisotopic (exact) mass is 406 g/mol. The van der Waals surface area contributed by atoms with E-state index in [0.717, 1.165) is 22.8 Å². The molecule has 150 valence electrons. The molecule has 0 unspecified atom stereocenters. The van der Waals surface area contributed by atoms with Crippen molar-refractivity contribution in [3.63, 3.8) is 0 Å². The number of nitrogens with zero attached hydrogens (tertiary/aromatic N) is 2. The van der Waals surface area contributed by atoms with Crippen LogP contribution in [0, 0.1) is 11.6 Å². The highest BCUT2D eigenvalue weighted by atomic mass is 19.1. The maximum atomic E-state index is 15.1. The van der Waals surface area contributed by atoms with Crippen molar-refractivity contribution >= 4 is 23.3 Å². The quantitative estimate of drug-likeness (QED) is 0.658. The predicted octanol–water partition coefficient (Wildman–Crippen LogP) is 4.08. The van der Waals surface area contributed by atoms with Gasteiger partial charge in [0, 0.05) is 6.07 Å². The van der Waals surface area contributed by atoms with Gasteiger partial charge in [-0.1, -0.05) is 48.5 Å². The lowest BCUT2D eigenvalue weighted by Gasteiger charge is -2.31. The highest BCUT2D eigenvalue weighted by Crippen LogP contribution is 2.52. The first-order valence-corrected chi connectivity index (χ1v) is 9.42. The molecular formula is C23H16F2N2O3. The van der Waals surface area contributed by atoms with Crippen molar-refractivity contribution in [2.24, 2.45) is 0 Å². The number of halogens is 2. The average molecular weight is 406 g/mol. The second kappa shape index (κ2) is 6.66. The third-order valence-electron chi connectivity index (χ3n) is 5.45. The van der Waals surface area contributed by atoms with Gasteiger partial charge in [0.2, 0.25) is 0 Å². The molecule has 0 aliphatic carbocycles. The maximum Gasteiger partial charge on any atom is 0.335 e. The Morgan fingerprint density at radius 2 is 1.60 bits per heavy atom. The number of carbonyl (C=O) groups excluding carboxylic acids is 2. The standard InChI is InChI=1S/C23H16F2N2O3/c24-16-11-18(25)21-19(12-16)26(14-15-7-3-1-4-8-15)22(29)23(21)13-20(28)30-27(23)17-9-5-2-6-10-17/h1-12H,13-14H2/t23-/m1/s1. The Morgan fingerprint density at radius 3 is 2.30 bits per heavy atom. The molecule has 0 radical (unpaired) electrons. The summed E-state index contributed by atoms with van der Waals surface area (Å²) in [4.78, 5) is 32.8. The Labute approximate surface area is 171 Å². The number of hydrogen-bond acceptors (Lipinski definition) is 4. The number of hydroxylamine groups is 1. The number of carbonyl (C=O) groups is 2. The van der Waals surface area contributed by atoms with Crippen LogP contribution in [0.1, 0.15) is 17.5 Å². The molecule has 0 saturated carbocycles. The number of anilines is 2. The Balaban J connectivity index is 1.71. The zero-order valence-corrected chi connectivity index (χ0v) is 15.7. The molecule has 0 N–H and O–H groups in total. The van der Waals surface area contributed by atoms with E-state index in [1.807, 2.05) is 30.3 Å². The summed E-state index contributed by atoms with van der Waals surface area (Å²) < 4.78 is 29.3. The van der Waals surface area contributed by atoms with Crippen molar-refractivity contribution < 1.29 is 23.2 Å². The van der Waals surface area contributed by atoms with Crippen LogP contribution in [-0.4, -0.2) is 11.9 Å². The number of para-hydroxylation sites is 1. The summed E-state index contributed by atoms with van der Waals surface area (Å²) in [6, 6.07) is 19.5. The summed E-state index contributed by atoms with van der Waals surface area (Å²) in [5, 5.41) is 1.16. The van der Waals surface area contributed by atoms with E-state index in [2.05, 4.69) is 0 Å². The summed E-state index contributed by atoms with van der Waals surface area (Å²) >= 11 is 0. The highest BCUT2D eigenvalue weighted by molar-refractivity contribution is 6.12. The van der Waals surface area contributed by atoms with E-state index >= 15 is 4.39 Å². The largest absolute Gasteiger partial charge is 0.339 e. The lowest BCUT2D eigenvalue weighted by atomic mass is 9.87. The molecule has 2 aliphatic rings. The fourth-order valence-electron chi connectivity index (χ4n) is 4.23. The van der Waals surface area contributed by atoms with Gasteiger partial charge in [0.25, 0.3) is 5.91 Å². The minimum atomic E-state index is -1.74. The van der Waals surface area contributed by atoms with E-state index in [9.17, 15) is 14.0 Å². The van der Waals surface area contributed by atoms with Crippen molar-refractivity contribution in [1.29, 1.82) is 0 Å². The van der Waals surface area contributed by atoms with Gasteiger partial charge >= 0.3 is 5.97 Å². The van der Waals surface area contributed by atoms with E-state index in [0.29, 0.717) is 5.69 Å². The van der Waals surface area contributed by atoms with Crippen LogP contribution < -0.4 is 9.96 Å². The van der Waals surface area contributed by atoms with Crippen molar-refractivity contribution in [1.82, 2.24) is 0 Å². The predicted molar refractivity (Wildman–Crippen MR) is 105 cm³/mol. The summed E-state index contributed by atoms with van der Waals surface area (Å²) in [7, 11) is 0. The van der Waals surface area contributed by atoms with Gasteiger partial charge in [-0.2, -0.15) is 5.06 Å². The van der Waals surface area contributed by atoms with E-state index in [4.69, 9.17) is 4.84 Å². The van der Waals surface area contributed by atoms with Crippen LogP contribution in [-0.2, 0) is 26.5 Å². The molecule has 30 heavy (non-hydrogen) atoms. The van der Waals surface area contributed by atoms with Gasteiger partial charge in [-0.3, -0.25) is 4.79 Å². The van der Waals surface area contributed by atoms with Crippen LogP contribution >= 0.6 is 0 Å². The van der Waals surface area contributed by atoms with Crippen LogP contribution in [0.5, 0.6) is 0 Å². The van der Waals surface area contributed by atoms with Crippen LogP contribution in [0.2, 0.25) is 0 Å². The summed E-state index contributed by atoms with van der Waals surface area (Å²) in [6.45, 7) is 0.105. The van der Waals surface area contributed by atoms with Crippen LogP contribution in [0.15, 0.2) is 72.8 Å². The highest BCUT2D eigenvalue weighted by Gasteiger charge is 2.63. The molecule has 2 aliphatic heterocycles. The molecule has 3 aromatic rings. The van der Waals surface area contributed by atoms with Gasteiger partial charge in [-0.25, -0.2) is 13.6 Å². The fraction of sp³-hybridized carbons (Fsp3) is 0.130. The fourth-order valence-corrected chi connectivity index (χ4v) is 4.23. The minimum absolute atomic E-state index is 0.0560. The maximum absolute atomic E-state index is 15.1. The molecule has 1 saturated heterocycles. The molecule has 0 bridgehead atoms. The number of fused-ring (bicyclic) bond motifs is 2. The molecule has 5 rings (SSSR count). The number of hydrogen-bond donors (Lipinski definition) is 0. The van der Waals surface area contributed by atoms with E-state index < -0.39 is 29.0 Å². The zero-order chi connectivity index (χ0) is 20.9. The summed E-state index contributed by atoms with van der Waals surface area (Å²) in [5.74, 6) is -2.90. The zero-order valence-electron chi connectivity index (χ0n) is 15.7. The van der Waals surface area contributed by atoms with Gasteiger partial charge in [-0.05, 0) is 23.8 Å². The van der Waals surface area contributed by atoms with Crippen LogP contribution in [0.3, 0.4) is 0 Å². The first-order chi connectivity index (χ1) is 14.5. The number of rotatable bonds is 3. The Morgan fingerprint density at radius 1 is 0.933 bits per heavy atom. The SMILES string of the molecule is O=C1C[C@@]2(C(=O)N(Cc3ccccc3)c3cc(F)cc(F)c32)N(c2ccccc2)O1. The third-order valence-corrected chi connectivity index (χ3v) is 5.45. The smallest absolute Gasteiger partial charge is 0.335 e. The average Bonchev–Trinajstić information content (AvgIpc) is 3.20. The third kappa shape index (κ3) is 2.58. The lowest BCUT2D eigenvalue weighted by Crippen LogP contribution is -2.49. The minimum Gasteiger partial charge on any atom is -0.339 e. The van der Waals surface area contributed by atoms with Crippen molar-refractivity contribution in [3.05, 3.63) is 95.6 Å². The van der Waals surface area contributed by atoms with Crippen LogP contribution in [0.4, 0.5) is 20.2 Å². The molecule has 2 heterocycles. The van der Waals surface area contributed by atoms with Crippen molar-refractivity contribution in [2.75, 3.05) is 9.96 Å². The molecule has 5 nitrogen and oxygen atoms in total. The van der Waals surface area contributed by atoms with Gasteiger partial charge in [0.15, 0.2) is 5.54 Å². The summed E-state index contributed by atoms with van der Waals surface area (Å²) in [5.41, 5.74) is -0.483. The molecule has 1 fully saturated rings. The second-order valence-electron chi connectivity index (χ2n) is 7.29. The molecule has 3 aromatic carbocycles. The second-order valence-corrected chi connectivity index (χ2v) is 7.29. The molecule has 1 amide bonds. The van der Waals surface area contributed by atoms with Gasteiger partial charge in [0.05, 0.1) is 29.9 Å². The first-order valence-electron chi connectivity index (χ1n) is 9.42. The Kier molecular flexibility index (Phi) is 4.06. The molecule has 0 aromatic heterocycles. The van der Waals surface area contributed by atoms with Gasteiger partial charge in [-0.15, -0.1) is 0 Å². The number of amides is 1. The van der Waals surface area contributed by atoms with Gasteiger partial charge in [0.1, 0.15) is 11.6 Å². The van der Waals surface area contributed by atoms with Crippen molar-refractivity contribution in [3.8, 4) is 0 Å². The first kappa shape index (κ1) is 18.3. The molecule has 1 atom stereocenters. The van der Waals surface area contributed by atoms with Gasteiger partial charge < -0.3 is 9.74 Å². The Bertz CT molecular complexity index is 1150. The summed E-state index contributed by atoms with van der Waals surface area (Å²) in [6.07, 6.45) is -0.373. The normalized spacial score (nSPS) is 20.1.